The Bertz CT molecular complexity index is 457. The molecule has 1 aromatic heterocycles. The Morgan fingerprint density at radius 2 is 2.30 bits per heavy atom. The molecule has 1 aromatic rings. The maximum Gasteiger partial charge on any atom is 0.331 e. The van der Waals surface area contributed by atoms with Crippen molar-refractivity contribution in [2.24, 2.45) is 5.92 Å². The van der Waals surface area contributed by atoms with E-state index in [0.29, 0.717) is 18.1 Å². The number of nitrogens with one attached hydrogen (secondary N) is 2. The first-order valence-corrected chi connectivity index (χ1v) is 7.37. The lowest BCUT2D eigenvalue weighted by atomic mass is 10.0. The van der Waals surface area contributed by atoms with E-state index < -0.39 is 18.0 Å². The SMILES string of the molecule is CC(NC(=O)NC(C(=O)O)c1cccs1)C1CCOC1. The Morgan fingerprint density at radius 1 is 1.50 bits per heavy atom. The number of ether oxygens (including phenoxy) is 1. The first-order valence-electron chi connectivity index (χ1n) is 6.49. The Morgan fingerprint density at radius 3 is 2.85 bits per heavy atom. The highest BCUT2D eigenvalue weighted by Gasteiger charge is 2.26. The molecule has 0 spiro atoms. The van der Waals surface area contributed by atoms with E-state index in [1.54, 1.807) is 17.5 Å². The van der Waals surface area contributed by atoms with Gasteiger partial charge in [-0.15, -0.1) is 11.3 Å². The molecule has 0 bridgehead atoms. The molecule has 0 radical (unpaired) electrons. The van der Waals surface area contributed by atoms with Crippen LogP contribution in [0.3, 0.4) is 0 Å². The summed E-state index contributed by atoms with van der Waals surface area (Å²) in [6.45, 7) is 3.25. The summed E-state index contributed by atoms with van der Waals surface area (Å²) in [6.07, 6.45) is 0.911. The molecule has 7 heteroatoms. The van der Waals surface area contributed by atoms with E-state index in [4.69, 9.17) is 4.74 Å². The van der Waals surface area contributed by atoms with Gasteiger partial charge in [-0.25, -0.2) is 9.59 Å². The van der Waals surface area contributed by atoms with Gasteiger partial charge < -0.3 is 20.5 Å². The van der Waals surface area contributed by atoms with Gasteiger partial charge >= 0.3 is 12.0 Å². The van der Waals surface area contributed by atoms with Crippen LogP contribution in [0.25, 0.3) is 0 Å². The topological polar surface area (TPSA) is 87.7 Å². The monoisotopic (exact) mass is 298 g/mol. The fourth-order valence-corrected chi connectivity index (χ4v) is 2.92. The van der Waals surface area contributed by atoms with Crippen LogP contribution in [-0.2, 0) is 9.53 Å². The highest BCUT2D eigenvalue weighted by atomic mass is 32.1. The summed E-state index contributed by atoms with van der Waals surface area (Å²) < 4.78 is 5.27. The minimum Gasteiger partial charge on any atom is -0.479 e. The third kappa shape index (κ3) is 3.71. The van der Waals surface area contributed by atoms with Crippen molar-refractivity contribution in [2.45, 2.75) is 25.4 Å². The van der Waals surface area contributed by atoms with Gasteiger partial charge in [-0.3, -0.25) is 0 Å². The van der Waals surface area contributed by atoms with Gasteiger partial charge in [0.25, 0.3) is 0 Å². The van der Waals surface area contributed by atoms with Crippen LogP contribution in [0.1, 0.15) is 24.3 Å². The third-order valence-electron chi connectivity index (χ3n) is 3.38. The molecule has 3 atom stereocenters. The maximum absolute atomic E-state index is 11.9. The fourth-order valence-electron chi connectivity index (χ4n) is 2.15. The maximum atomic E-state index is 11.9. The average molecular weight is 298 g/mol. The van der Waals surface area contributed by atoms with E-state index in [1.807, 2.05) is 6.92 Å². The molecule has 1 fully saturated rings. The first kappa shape index (κ1) is 14.8. The number of aliphatic carboxylic acids is 1. The Hall–Kier alpha value is -1.60. The van der Waals surface area contributed by atoms with Gasteiger partial charge in [-0.2, -0.15) is 0 Å². The van der Waals surface area contributed by atoms with Crippen LogP contribution in [0.15, 0.2) is 17.5 Å². The number of carboxylic acid groups (broad SMARTS) is 1. The molecule has 3 N–H and O–H groups in total. The minimum absolute atomic E-state index is 0.0460. The molecule has 2 heterocycles. The zero-order chi connectivity index (χ0) is 14.5. The Labute approximate surface area is 121 Å². The molecule has 1 saturated heterocycles. The number of thiophene rings is 1. The number of carbonyl (C=O) groups is 2. The second-order valence-electron chi connectivity index (χ2n) is 4.82. The van der Waals surface area contributed by atoms with Crippen molar-refractivity contribution >= 4 is 23.3 Å². The lowest BCUT2D eigenvalue weighted by Gasteiger charge is -2.21. The van der Waals surface area contributed by atoms with E-state index in [0.717, 1.165) is 6.42 Å². The van der Waals surface area contributed by atoms with Crippen LogP contribution in [0, 0.1) is 5.92 Å². The van der Waals surface area contributed by atoms with Crippen molar-refractivity contribution in [1.29, 1.82) is 0 Å². The Kier molecular flexibility index (Phi) is 4.97. The van der Waals surface area contributed by atoms with Gasteiger partial charge in [0.2, 0.25) is 0 Å². The highest BCUT2D eigenvalue weighted by molar-refractivity contribution is 7.10. The van der Waals surface area contributed by atoms with Crippen LogP contribution in [0.2, 0.25) is 0 Å². The molecule has 2 amide bonds. The smallest absolute Gasteiger partial charge is 0.331 e. The van der Waals surface area contributed by atoms with Crippen LogP contribution in [-0.4, -0.2) is 36.4 Å². The number of rotatable bonds is 5. The summed E-state index contributed by atoms with van der Waals surface area (Å²) in [5, 5.41) is 16.2. The molecule has 3 unspecified atom stereocenters. The molecule has 20 heavy (non-hydrogen) atoms. The average Bonchev–Trinajstić information content (AvgIpc) is 3.08. The molecule has 0 aliphatic carbocycles. The van der Waals surface area contributed by atoms with Crippen LogP contribution < -0.4 is 10.6 Å². The lowest BCUT2D eigenvalue weighted by Crippen LogP contribution is -2.46. The van der Waals surface area contributed by atoms with Crippen molar-refractivity contribution in [1.82, 2.24) is 10.6 Å². The summed E-state index contributed by atoms with van der Waals surface area (Å²) in [7, 11) is 0. The molecule has 1 aliphatic rings. The second-order valence-corrected chi connectivity index (χ2v) is 5.80. The van der Waals surface area contributed by atoms with Crippen molar-refractivity contribution in [3.63, 3.8) is 0 Å². The minimum atomic E-state index is -1.07. The standard InChI is InChI=1S/C13H18N2O4S/c1-8(9-4-5-19-7-9)14-13(18)15-11(12(16)17)10-3-2-6-20-10/h2-3,6,8-9,11H,4-5,7H2,1H3,(H,16,17)(H2,14,15,18). The van der Waals surface area contributed by atoms with Crippen molar-refractivity contribution in [2.75, 3.05) is 13.2 Å². The van der Waals surface area contributed by atoms with E-state index in [2.05, 4.69) is 10.6 Å². The number of hydrogen-bond donors (Lipinski definition) is 3. The predicted octanol–water partition coefficient (Wildman–Crippen LogP) is 1.60. The first-order chi connectivity index (χ1) is 9.58. The molecule has 2 rings (SSSR count). The fraction of sp³-hybridized carbons (Fsp3) is 0.538. The van der Waals surface area contributed by atoms with Gasteiger partial charge in [-0.1, -0.05) is 6.07 Å². The number of carbonyl (C=O) groups excluding carboxylic acids is 1. The van der Waals surface area contributed by atoms with Crippen molar-refractivity contribution in [3.8, 4) is 0 Å². The zero-order valence-corrected chi connectivity index (χ0v) is 12.0. The molecule has 1 aliphatic heterocycles. The van der Waals surface area contributed by atoms with Gasteiger partial charge in [0.15, 0.2) is 6.04 Å². The van der Waals surface area contributed by atoms with E-state index in [9.17, 15) is 14.7 Å². The molecular weight excluding hydrogens is 280 g/mol. The van der Waals surface area contributed by atoms with Crippen LogP contribution >= 0.6 is 11.3 Å². The van der Waals surface area contributed by atoms with E-state index >= 15 is 0 Å². The third-order valence-corrected chi connectivity index (χ3v) is 4.32. The van der Waals surface area contributed by atoms with Crippen molar-refractivity contribution < 1.29 is 19.4 Å². The number of amides is 2. The van der Waals surface area contributed by atoms with Gasteiger partial charge in [0.1, 0.15) is 0 Å². The number of carboxylic acids is 1. The van der Waals surface area contributed by atoms with Gasteiger partial charge in [0.05, 0.1) is 6.61 Å². The number of hydrogen-bond acceptors (Lipinski definition) is 4. The lowest BCUT2D eigenvalue weighted by molar-refractivity contribution is -0.139. The largest absolute Gasteiger partial charge is 0.479 e. The summed E-state index contributed by atoms with van der Waals surface area (Å²) >= 11 is 1.30. The highest BCUT2D eigenvalue weighted by Crippen LogP contribution is 2.19. The van der Waals surface area contributed by atoms with Crippen LogP contribution in [0.5, 0.6) is 0 Å². The van der Waals surface area contributed by atoms with Crippen molar-refractivity contribution in [3.05, 3.63) is 22.4 Å². The second kappa shape index (κ2) is 6.71. The molecule has 6 nitrogen and oxygen atoms in total. The Balaban J connectivity index is 1.90. The molecule has 0 aromatic carbocycles. The number of urea groups is 1. The normalized spacial score (nSPS) is 21.1. The summed E-state index contributed by atoms with van der Waals surface area (Å²) in [5.74, 6) is -0.787. The van der Waals surface area contributed by atoms with E-state index in [-0.39, 0.29) is 12.0 Å². The molecular formula is C13H18N2O4S. The molecule has 0 saturated carbocycles. The van der Waals surface area contributed by atoms with E-state index in [1.165, 1.54) is 11.3 Å². The predicted molar refractivity (Wildman–Crippen MR) is 74.8 cm³/mol. The summed E-state index contributed by atoms with van der Waals surface area (Å²) in [5.41, 5.74) is 0. The van der Waals surface area contributed by atoms with Gasteiger partial charge in [0, 0.05) is 23.4 Å². The zero-order valence-electron chi connectivity index (χ0n) is 11.2. The van der Waals surface area contributed by atoms with Gasteiger partial charge in [-0.05, 0) is 24.8 Å². The summed E-state index contributed by atoms with van der Waals surface area (Å²) in [6, 6.07) is 1.92. The summed E-state index contributed by atoms with van der Waals surface area (Å²) in [4.78, 5) is 23.7. The molecule has 110 valence electrons. The quantitative estimate of drug-likeness (QED) is 0.770. The van der Waals surface area contributed by atoms with Crippen LogP contribution in [0.4, 0.5) is 4.79 Å².